The van der Waals surface area contributed by atoms with Gasteiger partial charge in [-0.1, -0.05) is 0 Å². The third-order valence-corrected chi connectivity index (χ3v) is 3.77. The van der Waals surface area contributed by atoms with Crippen LogP contribution >= 0.6 is 11.3 Å². The highest BCUT2D eigenvalue weighted by molar-refractivity contribution is 7.15. The van der Waals surface area contributed by atoms with Crippen LogP contribution in [0.5, 0.6) is 0 Å². The Balaban J connectivity index is 2.96. The first-order valence-electron chi connectivity index (χ1n) is 8.97. The van der Waals surface area contributed by atoms with Crippen LogP contribution in [0.2, 0.25) is 0 Å². The van der Waals surface area contributed by atoms with E-state index in [0.29, 0.717) is 4.88 Å². The molecule has 13 heteroatoms. The number of rotatable bonds is 3. The number of ether oxygens (including phenoxy) is 2. The van der Waals surface area contributed by atoms with E-state index in [-0.39, 0.29) is 17.5 Å². The van der Waals surface area contributed by atoms with Crippen molar-refractivity contribution in [2.24, 2.45) is 4.99 Å². The van der Waals surface area contributed by atoms with E-state index in [1.165, 1.54) is 12.1 Å². The molecule has 0 saturated heterocycles. The van der Waals surface area contributed by atoms with Crippen molar-refractivity contribution in [3.05, 3.63) is 17.0 Å². The first kappa shape index (κ1) is 26.2. The third kappa shape index (κ3) is 11.2. The molecule has 0 aliphatic rings. The van der Waals surface area contributed by atoms with E-state index in [2.05, 4.69) is 15.6 Å². The molecule has 0 radical (unpaired) electrons. The van der Waals surface area contributed by atoms with Crippen LogP contribution in [0.3, 0.4) is 0 Å². The quantitative estimate of drug-likeness (QED) is 0.460. The second-order valence-corrected chi connectivity index (χ2v) is 9.28. The Morgan fingerprint density at radius 2 is 1.42 bits per heavy atom. The molecule has 3 amide bonds. The van der Waals surface area contributed by atoms with Gasteiger partial charge in [-0.3, -0.25) is 15.4 Å². The number of halogens is 3. The molecule has 9 nitrogen and oxygen atoms in total. The largest absolute Gasteiger partial charge is 0.471 e. The molecule has 1 aromatic rings. The monoisotopic (exact) mass is 466 g/mol. The number of aliphatic imine (C=N–C) groups is 1. The van der Waals surface area contributed by atoms with E-state index in [1.54, 1.807) is 46.9 Å². The molecular weight excluding hydrogens is 441 g/mol. The molecule has 0 unspecified atom stereocenters. The summed E-state index contributed by atoms with van der Waals surface area (Å²) in [7, 11) is 0. The summed E-state index contributed by atoms with van der Waals surface area (Å²) in [5.41, 5.74) is -1.62. The molecule has 0 bridgehead atoms. The zero-order valence-corrected chi connectivity index (χ0v) is 18.7. The van der Waals surface area contributed by atoms with Gasteiger partial charge in [-0.05, 0) is 53.7 Å². The number of thiophene rings is 1. The number of alkyl carbamates (subject to hydrolysis) is 2. The van der Waals surface area contributed by atoms with Gasteiger partial charge in [0.1, 0.15) is 16.2 Å². The van der Waals surface area contributed by atoms with Gasteiger partial charge in [0.05, 0.1) is 6.54 Å². The predicted octanol–water partition coefficient (Wildman–Crippen LogP) is 3.96. The van der Waals surface area contributed by atoms with Crippen LogP contribution in [0.4, 0.5) is 27.8 Å². The molecule has 0 spiro atoms. The van der Waals surface area contributed by atoms with Gasteiger partial charge in [-0.25, -0.2) is 14.6 Å². The van der Waals surface area contributed by atoms with Crippen LogP contribution in [0.1, 0.15) is 46.4 Å². The van der Waals surface area contributed by atoms with Crippen LogP contribution in [0, 0.1) is 0 Å². The van der Waals surface area contributed by atoms with Gasteiger partial charge in [-0.2, -0.15) is 13.2 Å². The van der Waals surface area contributed by atoms with Crippen molar-refractivity contribution in [1.82, 2.24) is 16.0 Å². The lowest BCUT2D eigenvalue weighted by Gasteiger charge is -2.22. The maximum absolute atomic E-state index is 12.3. The minimum absolute atomic E-state index is 0.235. The Morgan fingerprint density at radius 3 is 1.84 bits per heavy atom. The van der Waals surface area contributed by atoms with E-state index in [0.717, 1.165) is 11.3 Å². The number of hydrogen-bond acceptors (Lipinski definition) is 7. The molecule has 174 valence electrons. The molecule has 0 fully saturated rings. The van der Waals surface area contributed by atoms with Crippen molar-refractivity contribution >= 4 is 40.4 Å². The highest BCUT2D eigenvalue weighted by Crippen LogP contribution is 2.25. The Morgan fingerprint density at radius 1 is 0.935 bits per heavy atom. The predicted molar refractivity (Wildman–Crippen MR) is 108 cm³/mol. The molecule has 0 atom stereocenters. The highest BCUT2D eigenvalue weighted by Gasteiger charge is 2.38. The van der Waals surface area contributed by atoms with Crippen LogP contribution in [0.15, 0.2) is 17.1 Å². The Hall–Kier alpha value is -2.83. The van der Waals surface area contributed by atoms with Gasteiger partial charge in [0.25, 0.3) is 0 Å². The smallest absolute Gasteiger partial charge is 0.444 e. The standard InChI is InChI=1S/C18H25F3N4O5S/c1-16(2,3)29-14(27)24-13(25-15(28)30-17(4,5)6)23-11-8-7-10(31-11)9-22-12(26)18(19,20)21/h7-8H,9H2,1-6H3,(H,22,26)(H2,23,24,25,27,28). The van der Waals surface area contributed by atoms with E-state index >= 15 is 0 Å². The van der Waals surface area contributed by atoms with Crippen LogP contribution < -0.4 is 16.0 Å². The summed E-state index contributed by atoms with van der Waals surface area (Å²) in [5, 5.41) is 6.54. The fraction of sp³-hybridized carbons (Fsp3) is 0.556. The lowest BCUT2D eigenvalue weighted by Crippen LogP contribution is -2.47. The van der Waals surface area contributed by atoms with Gasteiger partial charge < -0.3 is 14.8 Å². The van der Waals surface area contributed by atoms with E-state index in [9.17, 15) is 27.6 Å². The summed E-state index contributed by atoms with van der Waals surface area (Å²) in [5.74, 6) is -2.37. The molecule has 0 aromatic carbocycles. The zero-order valence-electron chi connectivity index (χ0n) is 17.9. The van der Waals surface area contributed by atoms with E-state index < -0.39 is 35.5 Å². The third-order valence-electron chi connectivity index (χ3n) is 2.79. The molecule has 1 rings (SSSR count). The summed E-state index contributed by atoms with van der Waals surface area (Å²) in [6, 6.07) is 2.88. The minimum atomic E-state index is -4.99. The molecule has 0 saturated carbocycles. The summed E-state index contributed by atoms with van der Waals surface area (Å²) >= 11 is 0.940. The first-order valence-corrected chi connectivity index (χ1v) is 9.79. The van der Waals surface area contributed by atoms with Crippen molar-refractivity contribution < 1.29 is 37.0 Å². The minimum Gasteiger partial charge on any atom is -0.444 e. The fourth-order valence-corrected chi connectivity index (χ4v) is 2.61. The lowest BCUT2D eigenvalue weighted by atomic mass is 10.2. The highest BCUT2D eigenvalue weighted by atomic mass is 32.1. The molecule has 31 heavy (non-hydrogen) atoms. The molecule has 3 N–H and O–H groups in total. The number of alkyl halides is 3. The Bertz CT molecular complexity index is 806. The van der Waals surface area contributed by atoms with Crippen molar-refractivity contribution in [3.63, 3.8) is 0 Å². The van der Waals surface area contributed by atoms with Crippen molar-refractivity contribution in [2.75, 3.05) is 0 Å². The van der Waals surface area contributed by atoms with Gasteiger partial charge in [0.2, 0.25) is 5.96 Å². The zero-order chi connectivity index (χ0) is 24.0. The molecule has 0 aliphatic carbocycles. The van der Waals surface area contributed by atoms with Crippen molar-refractivity contribution in [1.29, 1.82) is 0 Å². The average molecular weight is 466 g/mol. The maximum atomic E-state index is 12.3. The van der Waals surface area contributed by atoms with Crippen LogP contribution in [-0.2, 0) is 20.8 Å². The SMILES string of the molecule is CC(C)(C)OC(=O)NC(=Nc1ccc(CNC(=O)C(F)(F)F)s1)NC(=O)OC(C)(C)C. The van der Waals surface area contributed by atoms with Gasteiger partial charge in [-0.15, -0.1) is 11.3 Å². The Labute approximate surface area is 181 Å². The number of nitrogens with zero attached hydrogens (tertiary/aromatic N) is 1. The second kappa shape index (κ2) is 9.98. The number of nitrogens with one attached hydrogen (secondary N) is 3. The van der Waals surface area contributed by atoms with Gasteiger partial charge >= 0.3 is 24.3 Å². The van der Waals surface area contributed by atoms with Crippen LogP contribution in [0.25, 0.3) is 0 Å². The van der Waals surface area contributed by atoms with Crippen LogP contribution in [-0.4, -0.2) is 41.4 Å². The summed E-state index contributed by atoms with van der Waals surface area (Å²) < 4.78 is 47.1. The van der Waals surface area contributed by atoms with E-state index in [1.807, 2.05) is 0 Å². The van der Waals surface area contributed by atoms with Crippen molar-refractivity contribution in [2.45, 2.75) is 65.5 Å². The first-order chi connectivity index (χ1) is 13.9. The number of guanidine groups is 1. The number of carbonyl (C=O) groups excluding carboxylic acids is 3. The van der Waals surface area contributed by atoms with Gasteiger partial charge in [0.15, 0.2) is 0 Å². The molecule has 1 aromatic heterocycles. The normalized spacial score (nSPS) is 11.9. The van der Waals surface area contributed by atoms with E-state index in [4.69, 9.17) is 9.47 Å². The fourth-order valence-electron chi connectivity index (χ4n) is 1.79. The molecular formula is C18H25F3N4O5S. The van der Waals surface area contributed by atoms with Crippen molar-refractivity contribution in [3.8, 4) is 0 Å². The molecule has 0 aliphatic heterocycles. The summed E-state index contributed by atoms with van der Waals surface area (Å²) in [6.07, 6.45) is -6.77. The number of hydrogen-bond donors (Lipinski definition) is 3. The second-order valence-electron chi connectivity index (χ2n) is 8.13. The summed E-state index contributed by atoms with van der Waals surface area (Å²) in [4.78, 5) is 39.4. The summed E-state index contributed by atoms with van der Waals surface area (Å²) in [6.45, 7) is 9.50. The maximum Gasteiger partial charge on any atom is 0.471 e. The average Bonchev–Trinajstić information content (AvgIpc) is 2.94. The molecule has 1 heterocycles. The number of carbonyl (C=O) groups is 3. The number of amides is 3. The lowest BCUT2D eigenvalue weighted by molar-refractivity contribution is -0.173. The Kier molecular flexibility index (Phi) is 8.44. The van der Waals surface area contributed by atoms with Gasteiger partial charge in [0, 0.05) is 4.88 Å². The topological polar surface area (TPSA) is 118 Å².